The molecule has 2 aliphatic rings. The second-order valence-corrected chi connectivity index (χ2v) is 8.14. The Hall–Kier alpha value is -1.27. The second-order valence-electron chi connectivity index (χ2n) is 5.58. The number of likely N-dealkylation sites (N-methyl/N-ethyl adjacent to an activating group) is 1. The molecule has 0 unspecified atom stereocenters. The summed E-state index contributed by atoms with van der Waals surface area (Å²) >= 11 is 6.14. The lowest BCUT2D eigenvalue weighted by Gasteiger charge is -2.22. The summed E-state index contributed by atoms with van der Waals surface area (Å²) < 4.78 is 23.8. The molecule has 2 fully saturated rings. The minimum Gasteiger partial charge on any atom is -0.318 e. The van der Waals surface area contributed by atoms with Crippen molar-refractivity contribution in [3.8, 4) is 0 Å². The monoisotopic (exact) mass is 328 g/mol. The van der Waals surface area contributed by atoms with Gasteiger partial charge in [0.05, 0.1) is 23.6 Å². The fourth-order valence-corrected chi connectivity index (χ4v) is 5.31. The minimum absolute atomic E-state index is 0.0192. The molecule has 2 amide bonds. The Kier molecular flexibility index (Phi) is 3.41. The Morgan fingerprint density at radius 1 is 1.29 bits per heavy atom. The van der Waals surface area contributed by atoms with E-state index in [2.05, 4.69) is 0 Å². The maximum absolute atomic E-state index is 12.6. The molecule has 0 radical (unpaired) electrons. The van der Waals surface area contributed by atoms with Gasteiger partial charge in [-0.2, -0.15) is 0 Å². The molecule has 7 heteroatoms. The molecule has 5 nitrogen and oxygen atoms in total. The normalized spacial score (nSPS) is 27.3. The summed E-state index contributed by atoms with van der Waals surface area (Å²) in [6.45, 7) is 4.26. The lowest BCUT2D eigenvalue weighted by molar-refractivity contribution is 0.212. The molecule has 114 valence electrons. The first kappa shape index (κ1) is 14.7. The molecule has 0 aliphatic carbocycles. The highest BCUT2D eigenvalue weighted by Crippen LogP contribution is 2.36. The van der Waals surface area contributed by atoms with Crippen molar-refractivity contribution in [1.29, 1.82) is 0 Å². The number of carbonyl (C=O) groups excluding carboxylic acids is 1. The number of fused-ring (bicyclic) bond motifs is 1. The molecule has 0 saturated carbocycles. The predicted octanol–water partition coefficient (Wildman–Crippen LogP) is 2.08. The summed E-state index contributed by atoms with van der Waals surface area (Å²) in [5, 5.41) is 0.577. The van der Waals surface area contributed by atoms with Crippen LogP contribution in [0, 0.1) is 6.92 Å². The molecule has 3 rings (SSSR count). The number of hydrogen-bond donors (Lipinski definition) is 0. The SMILES string of the molecule is CCN1C(=O)N(c2ccc(C)c(Cl)c2)[C@@H]2CS(=O)(=O)C[C@@H]21. The van der Waals surface area contributed by atoms with Crippen LogP contribution >= 0.6 is 11.6 Å². The van der Waals surface area contributed by atoms with Crippen LogP contribution in [0.3, 0.4) is 0 Å². The molecule has 0 N–H and O–H groups in total. The highest BCUT2D eigenvalue weighted by Gasteiger charge is 2.53. The zero-order chi connectivity index (χ0) is 15.4. The van der Waals surface area contributed by atoms with Crippen LogP contribution in [-0.2, 0) is 9.84 Å². The lowest BCUT2D eigenvalue weighted by atomic mass is 10.1. The Labute approximate surface area is 129 Å². The van der Waals surface area contributed by atoms with E-state index in [9.17, 15) is 13.2 Å². The third-order valence-electron chi connectivity index (χ3n) is 4.25. The van der Waals surface area contributed by atoms with Crippen molar-refractivity contribution < 1.29 is 13.2 Å². The zero-order valence-electron chi connectivity index (χ0n) is 11.9. The summed E-state index contributed by atoms with van der Waals surface area (Å²) in [5.74, 6) is 0.0682. The maximum atomic E-state index is 12.6. The van der Waals surface area contributed by atoms with Crippen molar-refractivity contribution in [2.45, 2.75) is 25.9 Å². The van der Waals surface area contributed by atoms with E-state index in [0.29, 0.717) is 17.3 Å². The average Bonchev–Trinajstić information content (AvgIpc) is 2.82. The van der Waals surface area contributed by atoms with Gasteiger partial charge in [-0.25, -0.2) is 13.2 Å². The molecule has 21 heavy (non-hydrogen) atoms. The number of nitrogens with zero attached hydrogens (tertiary/aromatic N) is 2. The van der Waals surface area contributed by atoms with E-state index in [1.54, 1.807) is 15.9 Å². The first-order valence-corrected chi connectivity index (χ1v) is 9.10. The van der Waals surface area contributed by atoms with Gasteiger partial charge in [-0.3, -0.25) is 4.90 Å². The molecule has 0 bridgehead atoms. The Morgan fingerprint density at radius 3 is 2.57 bits per heavy atom. The molecular formula is C14H17ClN2O3S. The number of aryl methyl sites for hydroxylation is 1. The van der Waals surface area contributed by atoms with Gasteiger partial charge in [0, 0.05) is 17.3 Å². The Bertz CT molecular complexity index is 704. The predicted molar refractivity (Wildman–Crippen MR) is 82.7 cm³/mol. The fraction of sp³-hybridized carbons (Fsp3) is 0.500. The fourth-order valence-electron chi connectivity index (χ4n) is 3.18. The number of amides is 2. The minimum atomic E-state index is -3.10. The van der Waals surface area contributed by atoms with Gasteiger partial charge in [0.15, 0.2) is 9.84 Å². The Balaban J connectivity index is 2.04. The second kappa shape index (κ2) is 4.88. The molecule has 2 saturated heterocycles. The number of hydrogen-bond acceptors (Lipinski definition) is 3. The van der Waals surface area contributed by atoms with E-state index >= 15 is 0 Å². The van der Waals surface area contributed by atoms with Gasteiger partial charge in [0.1, 0.15) is 0 Å². The quantitative estimate of drug-likeness (QED) is 0.781. The number of anilines is 1. The summed E-state index contributed by atoms with van der Waals surface area (Å²) in [6.07, 6.45) is 0. The third-order valence-corrected chi connectivity index (χ3v) is 6.36. The van der Waals surface area contributed by atoms with Crippen LogP contribution in [0.5, 0.6) is 0 Å². The van der Waals surface area contributed by atoms with E-state index in [1.807, 2.05) is 26.0 Å². The summed E-state index contributed by atoms with van der Waals surface area (Å²) in [4.78, 5) is 15.8. The molecule has 1 aromatic rings. The average molecular weight is 329 g/mol. The number of benzene rings is 1. The van der Waals surface area contributed by atoms with Crippen LogP contribution in [0.2, 0.25) is 5.02 Å². The zero-order valence-corrected chi connectivity index (χ0v) is 13.5. The topological polar surface area (TPSA) is 57.7 Å². The maximum Gasteiger partial charge on any atom is 0.325 e. The smallest absolute Gasteiger partial charge is 0.318 e. The van der Waals surface area contributed by atoms with E-state index in [4.69, 9.17) is 11.6 Å². The van der Waals surface area contributed by atoms with Crippen LogP contribution in [0.4, 0.5) is 10.5 Å². The van der Waals surface area contributed by atoms with Crippen LogP contribution in [0.1, 0.15) is 12.5 Å². The van der Waals surface area contributed by atoms with Crippen molar-refractivity contribution in [3.63, 3.8) is 0 Å². The first-order chi connectivity index (χ1) is 9.84. The molecule has 2 aliphatic heterocycles. The van der Waals surface area contributed by atoms with Crippen LogP contribution in [0.25, 0.3) is 0 Å². The standard InChI is InChI=1S/C14H17ClN2O3S/c1-3-16-12-7-21(19,20)8-13(12)17(14(16)18)10-5-4-9(2)11(15)6-10/h4-6,12-13H,3,7-8H2,1-2H3/t12-,13+/m0/s1. The highest BCUT2D eigenvalue weighted by molar-refractivity contribution is 7.91. The number of sulfone groups is 1. The largest absolute Gasteiger partial charge is 0.325 e. The van der Waals surface area contributed by atoms with E-state index in [-0.39, 0.29) is 29.6 Å². The first-order valence-electron chi connectivity index (χ1n) is 6.90. The third kappa shape index (κ3) is 2.30. The molecule has 1 aromatic carbocycles. The number of carbonyl (C=O) groups is 1. The van der Waals surface area contributed by atoms with Crippen molar-refractivity contribution >= 4 is 33.2 Å². The van der Waals surface area contributed by atoms with Gasteiger partial charge in [-0.1, -0.05) is 17.7 Å². The molecule has 2 atom stereocenters. The number of urea groups is 1. The van der Waals surface area contributed by atoms with Gasteiger partial charge in [-0.15, -0.1) is 0 Å². The van der Waals surface area contributed by atoms with Gasteiger partial charge in [0.2, 0.25) is 0 Å². The van der Waals surface area contributed by atoms with Crippen LogP contribution in [-0.4, -0.2) is 49.5 Å². The molecule has 2 heterocycles. The van der Waals surface area contributed by atoms with Gasteiger partial charge < -0.3 is 4.90 Å². The van der Waals surface area contributed by atoms with Gasteiger partial charge in [-0.05, 0) is 31.5 Å². The van der Waals surface area contributed by atoms with Crippen molar-refractivity contribution in [2.24, 2.45) is 0 Å². The molecule has 0 aromatic heterocycles. The summed E-state index contributed by atoms with van der Waals surface area (Å²) in [6, 6.07) is 4.69. The molecule has 0 spiro atoms. The van der Waals surface area contributed by atoms with Crippen molar-refractivity contribution in [1.82, 2.24) is 4.90 Å². The lowest BCUT2D eigenvalue weighted by Crippen LogP contribution is -2.37. The summed E-state index contributed by atoms with van der Waals surface area (Å²) in [5.41, 5.74) is 1.59. The Morgan fingerprint density at radius 2 is 1.95 bits per heavy atom. The van der Waals surface area contributed by atoms with Gasteiger partial charge in [0.25, 0.3) is 0 Å². The highest BCUT2D eigenvalue weighted by atomic mass is 35.5. The number of halogens is 1. The number of rotatable bonds is 2. The van der Waals surface area contributed by atoms with Gasteiger partial charge >= 0.3 is 6.03 Å². The van der Waals surface area contributed by atoms with Crippen LogP contribution in [0.15, 0.2) is 18.2 Å². The van der Waals surface area contributed by atoms with Crippen molar-refractivity contribution in [3.05, 3.63) is 28.8 Å². The van der Waals surface area contributed by atoms with E-state index in [1.165, 1.54) is 0 Å². The van der Waals surface area contributed by atoms with Crippen LogP contribution < -0.4 is 4.90 Å². The van der Waals surface area contributed by atoms with Crippen molar-refractivity contribution in [2.75, 3.05) is 23.0 Å². The van der Waals surface area contributed by atoms with E-state index < -0.39 is 9.84 Å². The summed E-state index contributed by atoms with van der Waals surface area (Å²) in [7, 11) is -3.10. The van der Waals surface area contributed by atoms with E-state index in [0.717, 1.165) is 5.56 Å². The molecular weight excluding hydrogens is 312 g/mol.